The van der Waals surface area contributed by atoms with Crippen molar-refractivity contribution in [3.63, 3.8) is 0 Å². The first-order valence-electron chi connectivity index (χ1n) is 8.61. The van der Waals surface area contributed by atoms with Crippen LogP contribution >= 0.6 is 35.6 Å². The van der Waals surface area contributed by atoms with E-state index in [1.54, 1.807) is 7.05 Å². The summed E-state index contributed by atoms with van der Waals surface area (Å²) in [5, 5.41) is 11.3. The highest BCUT2D eigenvalue weighted by Gasteiger charge is 2.08. The summed E-state index contributed by atoms with van der Waals surface area (Å²) in [5.41, 5.74) is 0.884. The molecule has 0 saturated heterocycles. The molecule has 26 heavy (non-hydrogen) atoms. The fourth-order valence-electron chi connectivity index (χ4n) is 2.30. The van der Waals surface area contributed by atoms with Crippen molar-refractivity contribution in [2.24, 2.45) is 10.9 Å². The van der Waals surface area contributed by atoms with Gasteiger partial charge in [0.05, 0.1) is 0 Å². The summed E-state index contributed by atoms with van der Waals surface area (Å²) < 4.78 is 5.30. The number of nitrogens with one attached hydrogen (secondary N) is 2. The molecule has 0 saturated carbocycles. The first-order chi connectivity index (χ1) is 12.1. The monoisotopic (exact) mass is 491 g/mol. The second-order valence-corrected chi connectivity index (χ2v) is 6.67. The van der Waals surface area contributed by atoms with E-state index in [1.807, 2.05) is 24.3 Å². The molecule has 0 aliphatic rings. The highest BCUT2D eigenvalue weighted by molar-refractivity contribution is 14.0. The smallest absolute Gasteiger partial charge is 0.228 e. The lowest BCUT2D eigenvalue weighted by Gasteiger charge is -2.11. The average molecular weight is 492 g/mol. The van der Waals surface area contributed by atoms with Gasteiger partial charge in [-0.2, -0.15) is 4.98 Å². The van der Waals surface area contributed by atoms with Crippen LogP contribution in [-0.4, -0.2) is 36.2 Å². The lowest BCUT2D eigenvalue weighted by molar-refractivity contribution is 0.378. The summed E-state index contributed by atoms with van der Waals surface area (Å²) in [6.45, 7) is 6.05. The summed E-state index contributed by atoms with van der Waals surface area (Å²) in [7, 11) is 1.77. The van der Waals surface area contributed by atoms with Crippen molar-refractivity contribution in [3.8, 4) is 11.4 Å². The van der Waals surface area contributed by atoms with Gasteiger partial charge in [0.1, 0.15) is 0 Å². The zero-order chi connectivity index (χ0) is 18.1. The molecular formula is C18H27ClIN5O. The molecule has 0 bridgehead atoms. The maximum Gasteiger partial charge on any atom is 0.228 e. The van der Waals surface area contributed by atoms with Gasteiger partial charge in [-0.25, -0.2) is 0 Å². The maximum atomic E-state index is 5.89. The van der Waals surface area contributed by atoms with Crippen LogP contribution in [0.4, 0.5) is 0 Å². The van der Waals surface area contributed by atoms with Gasteiger partial charge < -0.3 is 15.2 Å². The Morgan fingerprint density at radius 1 is 1.19 bits per heavy atom. The number of halogens is 2. The number of guanidine groups is 1. The van der Waals surface area contributed by atoms with E-state index in [2.05, 4.69) is 39.6 Å². The Morgan fingerprint density at radius 2 is 1.88 bits per heavy atom. The number of aliphatic imine (C=N–C) groups is 1. The summed E-state index contributed by atoms with van der Waals surface area (Å²) in [6.07, 6.45) is 2.97. The van der Waals surface area contributed by atoms with Crippen LogP contribution in [0, 0.1) is 5.92 Å². The molecule has 0 aliphatic heterocycles. The second kappa shape index (κ2) is 12.1. The van der Waals surface area contributed by atoms with Gasteiger partial charge in [0.25, 0.3) is 0 Å². The Morgan fingerprint density at radius 3 is 2.54 bits per heavy atom. The molecule has 0 spiro atoms. The Bertz CT molecular complexity index is 672. The lowest BCUT2D eigenvalue weighted by Crippen LogP contribution is -2.38. The molecule has 0 radical (unpaired) electrons. The minimum Gasteiger partial charge on any atom is -0.356 e. The number of benzene rings is 1. The van der Waals surface area contributed by atoms with E-state index in [4.69, 9.17) is 16.1 Å². The summed E-state index contributed by atoms with van der Waals surface area (Å²) in [4.78, 5) is 8.62. The van der Waals surface area contributed by atoms with Crippen LogP contribution in [0.3, 0.4) is 0 Å². The van der Waals surface area contributed by atoms with Gasteiger partial charge in [0, 0.05) is 37.1 Å². The van der Waals surface area contributed by atoms with Crippen molar-refractivity contribution in [1.29, 1.82) is 0 Å². The van der Waals surface area contributed by atoms with Crippen LogP contribution in [-0.2, 0) is 6.42 Å². The molecule has 0 unspecified atom stereocenters. The molecule has 6 nitrogen and oxygen atoms in total. The highest BCUT2D eigenvalue weighted by Crippen LogP contribution is 2.18. The molecule has 1 aromatic heterocycles. The van der Waals surface area contributed by atoms with E-state index >= 15 is 0 Å². The number of rotatable bonds is 8. The van der Waals surface area contributed by atoms with Crippen LogP contribution in [0.25, 0.3) is 11.4 Å². The molecule has 0 atom stereocenters. The Labute approximate surface area is 177 Å². The second-order valence-electron chi connectivity index (χ2n) is 6.23. The predicted molar refractivity (Wildman–Crippen MR) is 117 cm³/mol. The Hall–Kier alpha value is -1.35. The van der Waals surface area contributed by atoms with Crippen LogP contribution in [0.15, 0.2) is 33.8 Å². The van der Waals surface area contributed by atoms with Gasteiger partial charge in [-0.1, -0.05) is 30.6 Å². The van der Waals surface area contributed by atoms with Gasteiger partial charge >= 0.3 is 0 Å². The number of hydrogen-bond acceptors (Lipinski definition) is 4. The number of nitrogens with zero attached hydrogens (tertiary/aromatic N) is 3. The molecule has 2 N–H and O–H groups in total. The van der Waals surface area contributed by atoms with E-state index in [0.29, 0.717) is 29.7 Å². The summed E-state index contributed by atoms with van der Waals surface area (Å²) >= 11 is 5.89. The molecule has 2 aromatic rings. The SMILES string of the molecule is CN=C(NCCCC(C)C)NCCc1nc(-c2ccc(Cl)cc2)no1.I. The molecule has 8 heteroatoms. The summed E-state index contributed by atoms with van der Waals surface area (Å²) in [5.74, 6) is 2.68. The van der Waals surface area contributed by atoms with E-state index in [-0.39, 0.29) is 24.0 Å². The van der Waals surface area contributed by atoms with Gasteiger partial charge in [-0.15, -0.1) is 24.0 Å². The molecule has 2 rings (SSSR count). The van der Waals surface area contributed by atoms with Crippen molar-refractivity contribution in [2.75, 3.05) is 20.1 Å². The van der Waals surface area contributed by atoms with E-state index in [1.165, 1.54) is 6.42 Å². The largest absolute Gasteiger partial charge is 0.356 e. The van der Waals surface area contributed by atoms with Crippen molar-refractivity contribution >= 4 is 41.5 Å². The van der Waals surface area contributed by atoms with Crippen LogP contribution in [0.2, 0.25) is 5.02 Å². The quantitative estimate of drug-likeness (QED) is 0.251. The average Bonchev–Trinajstić information content (AvgIpc) is 3.06. The van der Waals surface area contributed by atoms with Gasteiger partial charge in [0.15, 0.2) is 5.96 Å². The van der Waals surface area contributed by atoms with Gasteiger partial charge in [-0.3, -0.25) is 4.99 Å². The maximum absolute atomic E-state index is 5.89. The van der Waals surface area contributed by atoms with Gasteiger partial charge in [0.2, 0.25) is 11.7 Å². The van der Waals surface area contributed by atoms with Crippen LogP contribution in [0.1, 0.15) is 32.6 Å². The van der Waals surface area contributed by atoms with Gasteiger partial charge in [-0.05, 0) is 43.0 Å². The van der Waals surface area contributed by atoms with Crippen LogP contribution < -0.4 is 10.6 Å². The summed E-state index contributed by atoms with van der Waals surface area (Å²) in [6, 6.07) is 7.36. The Kier molecular flexibility index (Phi) is 10.6. The first-order valence-corrected chi connectivity index (χ1v) is 8.99. The lowest BCUT2D eigenvalue weighted by atomic mass is 10.1. The fourth-order valence-corrected chi connectivity index (χ4v) is 2.42. The standard InChI is InChI=1S/C18H26ClN5O.HI/c1-13(2)5-4-11-21-18(20-3)22-12-10-16-23-17(24-25-16)14-6-8-15(19)9-7-14;/h6-9,13H,4-5,10-12H2,1-3H3,(H2,20,21,22);1H. The molecule has 144 valence electrons. The minimum atomic E-state index is 0. The molecule has 0 fully saturated rings. The van der Waals surface area contributed by atoms with Crippen molar-refractivity contribution < 1.29 is 4.52 Å². The third kappa shape index (κ3) is 7.90. The fraction of sp³-hybridized carbons (Fsp3) is 0.500. The molecule has 1 heterocycles. The third-order valence-corrected chi connectivity index (χ3v) is 3.93. The van der Waals surface area contributed by atoms with E-state index in [9.17, 15) is 0 Å². The Balaban J connectivity index is 0.00000338. The zero-order valence-electron chi connectivity index (χ0n) is 15.5. The molecule has 0 amide bonds. The zero-order valence-corrected chi connectivity index (χ0v) is 18.5. The third-order valence-electron chi connectivity index (χ3n) is 3.68. The minimum absolute atomic E-state index is 0. The van der Waals surface area contributed by atoms with Crippen molar-refractivity contribution in [1.82, 2.24) is 20.8 Å². The predicted octanol–water partition coefficient (Wildman–Crippen LogP) is 4.15. The van der Waals surface area contributed by atoms with Crippen molar-refractivity contribution in [3.05, 3.63) is 35.2 Å². The first kappa shape index (κ1) is 22.7. The van der Waals surface area contributed by atoms with E-state index in [0.717, 1.165) is 30.4 Å². The normalized spacial score (nSPS) is 11.3. The number of aromatic nitrogens is 2. The molecule has 0 aliphatic carbocycles. The van der Waals surface area contributed by atoms with E-state index < -0.39 is 0 Å². The molecular weight excluding hydrogens is 465 g/mol. The van der Waals surface area contributed by atoms with Crippen molar-refractivity contribution in [2.45, 2.75) is 33.1 Å². The molecule has 1 aromatic carbocycles. The number of hydrogen-bond donors (Lipinski definition) is 2. The topological polar surface area (TPSA) is 75.3 Å². The highest BCUT2D eigenvalue weighted by atomic mass is 127. The van der Waals surface area contributed by atoms with Crippen LogP contribution in [0.5, 0.6) is 0 Å².